The largest absolute Gasteiger partial charge is 0.300 e. The summed E-state index contributed by atoms with van der Waals surface area (Å²) in [7, 11) is -3.83. The van der Waals surface area contributed by atoms with E-state index in [4.69, 9.17) is 12.2 Å². The highest BCUT2D eigenvalue weighted by Gasteiger charge is 2.20. The number of nitrogens with zero attached hydrogens (tertiary/aromatic N) is 2. The predicted molar refractivity (Wildman–Crippen MR) is 105 cm³/mol. The lowest BCUT2D eigenvalue weighted by molar-refractivity contribution is 0.591. The first-order valence-electron chi connectivity index (χ1n) is 7.30. The number of thiocarbonyl (C=S) groups is 1. The number of anilines is 1. The van der Waals surface area contributed by atoms with E-state index < -0.39 is 10.0 Å². The second-order valence-corrected chi connectivity index (χ2v) is 8.20. The van der Waals surface area contributed by atoms with Crippen molar-refractivity contribution in [1.29, 1.82) is 0 Å². The molecule has 132 valence electrons. The van der Waals surface area contributed by atoms with Gasteiger partial charge in [-0.1, -0.05) is 18.2 Å². The van der Waals surface area contributed by atoms with E-state index in [0.29, 0.717) is 10.6 Å². The summed E-state index contributed by atoms with van der Waals surface area (Å²) in [5.41, 5.74) is 1.51. The van der Waals surface area contributed by atoms with Crippen molar-refractivity contribution >= 4 is 45.1 Å². The van der Waals surface area contributed by atoms with Gasteiger partial charge < -0.3 is 5.32 Å². The molecule has 2 N–H and O–H groups in total. The number of sulfonamides is 1. The standard InChI is InChI=1S/C16H18N4O2S3/c1-4-9-24-13-7-5-6-8-14(13)25(21,22)20-16(23)19-15-17-11(2)10-12(3)18-15/h4-8,10H,1,9H2,2-3H3,(H2,17,18,19,20,23). The number of hydrogen-bond donors (Lipinski definition) is 2. The maximum absolute atomic E-state index is 12.6. The van der Waals surface area contributed by atoms with Gasteiger partial charge in [-0.2, -0.15) is 0 Å². The van der Waals surface area contributed by atoms with Crippen LogP contribution in [-0.2, 0) is 10.0 Å². The SMILES string of the molecule is C=CCSc1ccccc1S(=O)(=O)NC(=S)Nc1nc(C)cc(C)n1. The van der Waals surface area contributed by atoms with Crippen molar-refractivity contribution in [3.05, 3.63) is 54.4 Å². The molecular weight excluding hydrogens is 376 g/mol. The number of benzene rings is 1. The van der Waals surface area contributed by atoms with Gasteiger partial charge in [0.2, 0.25) is 5.95 Å². The molecule has 0 aliphatic rings. The van der Waals surface area contributed by atoms with Crippen LogP contribution in [0.3, 0.4) is 0 Å². The molecular formula is C16H18N4O2S3. The fourth-order valence-electron chi connectivity index (χ4n) is 2.03. The zero-order valence-corrected chi connectivity index (χ0v) is 16.3. The topological polar surface area (TPSA) is 84.0 Å². The second-order valence-electron chi connectivity index (χ2n) is 5.08. The lowest BCUT2D eigenvalue weighted by atomic mass is 10.4. The first-order chi connectivity index (χ1) is 11.8. The summed E-state index contributed by atoms with van der Waals surface area (Å²) in [5, 5.41) is 2.62. The van der Waals surface area contributed by atoms with Crippen molar-refractivity contribution in [1.82, 2.24) is 14.7 Å². The van der Waals surface area contributed by atoms with E-state index in [1.807, 2.05) is 19.9 Å². The Balaban J connectivity index is 2.18. The Kier molecular flexibility index (Phi) is 6.51. The summed E-state index contributed by atoms with van der Waals surface area (Å²) in [6.45, 7) is 7.29. The Bertz CT molecular complexity index is 878. The van der Waals surface area contributed by atoms with Crippen LogP contribution in [0.1, 0.15) is 11.4 Å². The fraction of sp³-hybridized carbons (Fsp3) is 0.188. The minimum Gasteiger partial charge on any atom is -0.300 e. The molecule has 0 aliphatic heterocycles. The van der Waals surface area contributed by atoms with Crippen LogP contribution in [0.25, 0.3) is 0 Å². The average Bonchev–Trinajstić information content (AvgIpc) is 2.51. The maximum Gasteiger partial charge on any atom is 0.264 e. The quantitative estimate of drug-likeness (QED) is 0.442. The van der Waals surface area contributed by atoms with Gasteiger partial charge >= 0.3 is 0 Å². The molecule has 0 bridgehead atoms. The first-order valence-corrected chi connectivity index (χ1v) is 10.2. The Labute approximate surface area is 157 Å². The Morgan fingerprint density at radius 2 is 1.92 bits per heavy atom. The zero-order chi connectivity index (χ0) is 18.4. The number of hydrogen-bond acceptors (Lipinski definition) is 6. The minimum atomic E-state index is -3.83. The van der Waals surface area contributed by atoms with Crippen LogP contribution in [0.5, 0.6) is 0 Å². The van der Waals surface area contributed by atoms with E-state index in [0.717, 1.165) is 11.4 Å². The third kappa shape index (κ3) is 5.52. The summed E-state index contributed by atoms with van der Waals surface area (Å²) in [6, 6.07) is 8.53. The van der Waals surface area contributed by atoms with Crippen LogP contribution >= 0.6 is 24.0 Å². The van der Waals surface area contributed by atoms with Crippen molar-refractivity contribution in [2.75, 3.05) is 11.1 Å². The van der Waals surface area contributed by atoms with E-state index in [-0.39, 0.29) is 16.0 Å². The molecule has 2 aromatic rings. The molecule has 0 atom stereocenters. The molecule has 0 fully saturated rings. The molecule has 9 heteroatoms. The van der Waals surface area contributed by atoms with Gasteiger partial charge in [0.1, 0.15) is 4.90 Å². The minimum absolute atomic E-state index is 0.0893. The van der Waals surface area contributed by atoms with Gasteiger partial charge in [-0.3, -0.25) is 4.72 Å². The number of aromatic nitrogens is 2. The van der Waals surface area contributed by atoms with Crippen LogP contribution in [0.2, 0.25) is 0 Å². The van der Waals surface area contributed by atoms with Crippen molar-refractivity contribution in [3.63, 3.8) is 0 Å². The highest BCUT2D eigenvalue weighted by atomic mass is 32.2. The Morgan fingerprint density at radius 3 is 2.56 bits per heavy atom. The molecule has 1 heterocycles. The monoisotopic (exact) mass is 394 g/mol. The maximum atomic E-state index is 12.6. The summed E-state index contributed by atoms with van der Waals surface area (Å²) in [5.74, 6) is 0.852. The highest BCUT2D eigenvalue weighted by Crippen LogP contribution is 2.26. The molecule has 0 saturated carbocycles. The number of aryl methyl sites for hydroxylation is 2. The molecule has 0 aliphatic carbocycles. The molecule has 0 amide bonds. The summed E-state index contributed by atoms with van der Waals surface area (Å²) >= 11 is 6.48. The van der Waals surface area contributed by atoms with E-state index in [2.05, 4.69) is 26.6 Å². The van der Waals surface area contributed by atoms with Crippen LogP contribution in [0.4, 0.5) is 5.95 Å². The van der Waals surface area contributed by atoms with Crippen molar-refractivity contribution in [2.24, 2.45) is 0 Å². The third-order valence-corrected chi connectivity index (χ3v) is 5.87. The van der Waals surface area contributed by atoms with Gasteiger partial charge in [0.25, 0.3) is 10.0 Å². The van der Waals surface area contributed by atoms with Crippen molar-refractivity contribution < 1.29 is 8.42 Å². The number of rotatable bonds is 6. The number of thioether (sulfide) groups is 1. The lowest BCUT2D eigenvalue weighted by Crippen LogP contribution is -2.35. The summed E-state index contributed by atoms with van der Waals surface area (Å²) < 4.78 is 27.6. The molecule has 1 aromatic carbocycles. The number of nitrogens with one attached hydrogen (secondary N) is 2. The highest BCUT2D eigenvalue weighted by molar-refractivity contribution is 8.00. The van der Waals surface area contributed by atoms with Crippen LogP contribution in [0, 0.1) is 13.8 Å². The first kappa shape index (κ1) is 19.4. The van der Waals surface area contributed by atoms with E-state index in [1.54, 1.807) is 24.3 Å². The second kappa shape index (κ2) is 8.41. The molecule has 2 rings (SSSR count). The van der Waals surface area contributed by atoms with Gasteiger partial charge in [-0.05, 0) is 44.3 Å². The third-order valence-electron chi connectivity index (χ3n) is 2.93. The molecule has 0 unspecified atom stereocenters. The summed E-state index contributed by atoms with van der Waals surface area (Å²) in [4.78, 5) is 9.14. The van der Waals surface area contributed by atoms with E-state index in [9.17, 15) is 8.42 Å². The zero-order valence-electron chi connectivity index (χ0n) is 13.8. The van der Waals surface area contributed by atoms with Crippen molar-refractivity contribution in [2.45, 2.75) is 23.6 Å². The van der Waals surface area contributed by atoms with Gasteiger partial charge in [0.05, 0.1) is 0 Å². The Hall–Kier alpha value is -1.97. The van der Waals surface area contributed by atoms with Gasteiger partial charge in [-0.25, -0.2) is 18.4 Å². The summed E-state index contributed by atoms with van der Waals surface area (Å²) in [6.07, 6.45) is 1.71. The molecule has 0 saturated heterocycles. The molecule has 6 nitrogen and oxygen atoms in total. The fourth-order valence-corrected chi connectivity index (χ4v) is 4.63. The van der Waals surface area contributed by atoms with Crippen molar-refractivity contribution in [3.8, 4) is 0 Å². The average molecular weight is 395 g/mol. The van der Waals surface area contributed by atoms with Crippen LogP contribution in [0.15, 0.2) is 52.8 Å². The normalized spacial score (nSPS) is 11.0. The molecule has 0 radical (unpaired) electrons. The Morgan fingerprint density at radius 1 is 1.28 bits per heavy atom. The van der Waals surface area contributed by atoms with Crippen LogP contribution < -0.4 is 10.0 Å². The van der Waals surface area contributed by atoms with Gasteiger partial charge in [-0.15, -0.1) is 18.3 Å². The smallest absolute Gasteiger partial charge is 0.264 e. The van der Waals surface area contributed by atoms with Gasteiger partial charge in [0.15, 0.2) is 5.11 Å². The van der Waals surface area contributed by atoms with Crippen LogP contribution in [-0.4, -0.2) is 29.3 Å². The predicted octanol–water partition coefficient (Wildman–Crippen LogP) is 3.05. The van der Waals surface area contributed by atoms with E-state index in [1.165, 1.54) is 17.8 Å². The molecule has 0 spiro atoms. The van der Waals surface area contributed by atoms with Gasteiger partial charge in [0, 0.05) is 22.0 Å². The lowest BCUT2D eigenvalue weighted by Gasteiger charge is -2.13. The molecule has 25 heavy (non-hydrogen) atoms. The van der Waals surface area contributed by atoms with E-state index >= 15 is 0 Å². The molecule has 1 aromatic heterocycles.